The lowest BCUT2D eigenvalue weighted by atomic mass is 10.0. The van der Waals surface area contributed by atoms with Gasteiger partial charge in [0.2, 0.25) is 0 Å². The fraction of sp³-hybridized carbons (Fsp3) is 0.211. The molecule has 0 radical (unpaired) electrons. The van der Waals surface area contributed by atoms with Crippen LogP contribution in [0, 0.1) is 13.8 Å². The molecule has 0 aliphatic heterocycles. The maximum absolute atomic E-state index is 4.72. The summed E-state index contributed by atoms with van der Waals surface area (Å²) in [6.45, 7) is 5.16. The van der Waals surface area contributed by atoms with Gasteiger partial charge in [-0.3, -0.25) is 0 Å². The van der Waals surface area contributed by atoms with Crippen LogP contribution in [0.5, 0.6) is 0 Å². The Kier molecular flexibility index (Phi) is 4.54. The highest BCUT2D eigenvalue weighted by Crippen LogP contribution is 2.28. The van der Waals surface area contributed by atoms with Gasteiger partial charge in [-0.1, -0.05) is 48.0 Å². The van der Waals surface area contributed by atoms with Crippen LogP contribution in [0.25, 0.3) is 11.3 Å². The maximum Gasteiger partial charge on any atom is 0.183 e. The van der Waals surface area contributed by atoms with Gasteiger partial charge in [0.25, 0.3) is 0 Å². The van der Waals surface area contributed by atoms with Gasteiger partial charge in [0.1, 0.15) is 0 Å². The highest BCUT2D eigenvalue weighted by molar-refractivity contribution is 7.14. The molecule has 0 aliphatic carbocycles. The highest BCUT2D eigenvalue weighted by atomic mass is 32.1. The van der Waals surface area contributed by atoms with Gasteiger partial charge in [-0.2, -0.15) is 0 Å². The zero-order valence-corrected chi connectivity index (χ0v) is 13.8. The van der Waals surface area contributed by atoms with Crippen LogP contribution in [0.3, 0.4) is 0 Å². The molecular formula is C19H20N2S. The van der Waals surface area contributed by atoms with Crippen molar-refractivity contribution < 1.29 is 0 Å². The lowest BCUT2D eigenvalue weighted by molar-refractivity contribution is 1.02. The number of aryl methyl sites for hydroxylation is 2. The molecule has 0 atom stereocenters. The minimum atomic E-state index is 0.907. The molecule has 1 N–H and O–H groups in total. The first-order chi connectivity index (χ1) is 10.7. The molecule has 22 heavy (non-hydrogen) atoms. The summed E-state index contributed by atoms with van der Waals surface area (Å²) in [6.07, 6.45) is 1.01. The Balaban J connectivity index is 1.65. The number of nitrogens with one attached hydrogen (secondary N) is 1. The molecule has 3 rings (SSSR count). The second kappa shape index (κ2) is 6.75. The van der Waals surface area contributed by atoms with Gasteiger partial charge in [0, 0.05) is 17.5 Å². The molecular weight excluding hydrogens is 288 g/mol. The van der Waals surface area contributed by atoms with E-state index in [4.69, 9.17) is 4.98 Å². The molecule has 0 saturated heterocycles. The number of anilines is 1. The van der Waals surface area contributed by atoms with Crippen molar-refractivity contribution in [2.45, 2.75) is 20.3 Å². The molecule has 1 aromatic heterocycles. The standard InChI is InChI=1S/C19H20N2S/c1-14-8-9-15(2)17(12-14)18-13-22-19(21-18)20-11-10-16-6-4-3-5-7-16/h3-9,12-13H,10-11H2,1-2H3,(H,20,21). The maximum atomic E-state index is 4.72. The van der Waals surface area contributed by atoms with Crippen LogP contribution in [0.1, 0.15) is 16.7 Å². The zero-order valence-electron chi connectivity index (χ0n) is 13.0. The van der Waals surface area contributed by atoms with Crippen molar-refractivity contribution in [2.24, 2.45) is 0 Å². The fourth-order valence-corrected chi connectivity index (χ4v) is 3.19. The Morgan fingerprint density at radius 2 is 1.86 bits per heavy atom. The summed E-state index contributed by atoms with van der Waals surface area (Å²) in [4.78, 5) is 4.72. The van der Waals surface area contributed by atoms with Crippen LogP contribution in [0.4, 0.5) is 5.13 Å². The van der Waals surface area contributed by atoms with E-state index >= 15 is 0 Å². The Morgan fingerprint density at radius 3 is 2.68 bits per heavy atom. The van der Waals surface area contributed by atoms with Crippen molar-refractivity contribution in [2.75, 3.05) is 11.9 Å². The van der Waals surface area contributed by atoms with Crippen LogP contribution in [0.15, 0.2) is 53.9 Å². The fourth-order valence-electron chi connectivity index (χ4n) is 2.45. The monoisotopic (exact) mass is 308 g/mol. The van der Waals surface area contributed by atoms with Gasteiger partial charge in [-0.05, 0) is 37.5 Å². The average Bonchev–Trinajstić information content (AvgIpc) is 2.99. The van der Waals surface area contributed by atoms with E-state index in [1.807, 2.05) is 6.07 Å². The van der Waals surface area contributed by atoms with E-state index in [-0.39, 0.29) is 0 Å². The van der Waals surface area contributed by atoms with Gasteiger partial charge in [-0.15, -0.1) is 11.3 Å². The van der Waals surface area contributed by atoms with E-state index in [0.29, 0.717) is 0 Å². The number of aromatic nitrogens is 1. The smallest absolute Gasteiger partial charge is 0.183 e. The van der Waals surface area contributed by atoms with Crippen molar-refractivity contribution in [3.8, 4) is 11.3 Å². The molecule has 3 heteroatoms. The molecule has 0 amide bonds. The highest BCUT2D eigenvalue weighted by Gasteiger charge is 2.07. The first-order valence-corrected chi connectivity index (χ1v) is 8.41. The molecule has 3 aromatic rings. The van der Waals surface area contributed by atoms with Crippen LogP contribution in [-0.2, 0) is 6.42 Å². The van der Waals surface area contributed by atoms with Crippen molar-refractivity contribution in [3.05, 3.63) is 70.6 Å². The summed E-state index contributed by atoms with van der Waals surface area (Å²) in [5.41, 5.74) is 6.18. The second-order valence-corrected chi connectivity index (χ2v) is 6.38. The summed E-state index contributed by atoms with van der Waals surface area (Å²) in [7, 11) is 0. The van der Waals surface area contributed by atoms with E-state index in [1.54, 1.807) is 11.3 Å². The molecule has 2 aromatic carbocycles. The largest absolute Gasteiger partial charge is 0.361 e. The predicted molar refractivity (Wildman–Crippen MR) is 95.7 cm³/mol. The Labute approximate surface area is 135 Å². The normalized spacial score (nSPS) is 10.6. The number of thiazole rings is 1. The third-order valence-corrected chi connectivity index (χ3v) is 4.51. The summed E-state index contributed by atoms with van der Waals surface area (Å²) in [6, 6.07) is 17.0. The first-order valence-electron chi connectivity index (χ1n) is 7.53. The van der Waals surface area contributed by atoms with E-state index in [9.17, 15) is 0 Å². The van der Waals surface area contributed by atoms with Gasteiger partial charge in [0.05, 0.1) is 5.69 Å². The van der Waals surface area contributed by atoms with E-state index < -0.39 is 0 Å². The molecule has 0 fully saturated rings. The van der Waals surface area contributed by atoms with Crippen molar-refractivity contribution in [1.29, 1.82) is 0 Å². The molecule has 1 heterocycles. The molecule has 112 valence electrons. The van der Waals surface area contributed by atoms with E-state index in [1.165, 1.54) is 22.3 Å². The van der Waals surface area contributed by atoms with Gasteiger partial charge < -0.3 is 5.32 Å². The third kappa shape index (κ3) is 3.55. The Bertz CT molecular complexity index is 747. The first kappa shape index (κ1) is 14.8. The van der Waals surface area contributed by atoms with Crippen molar-refractivity contribution >= 4 is 16.5 Å². The van der Waals surface area contributed by atoms with E-state index in [0.717, 1.165) is 23.8 Å². The summed E-state index contributed by atoms with van der Waals surface area (Å²) in [5, 5.41) is 6.55. The minimum absolute atomic E-state index is 0.907. The molecule has 0 bridgehead atoms. The van der Waals surface area contributed by atoms with Crippen molar-refractivity contribution in [3.63, 3.8) is 0 Å². The van der Waals surface area contributed by atoms with E-state index in [2.05, 4.69) is 67.0 Å². The predicted octanol–water partition coefficient (Wildman–Crippen LogP) is 5.08. The minimum Gasteiger partial charge on any atom is -0.361 e. The van der Waals surface area contributed by atoms with Crippen molar-refractivity contribution in [1.82, 2.24) is 4.98 Å². The molecule has 0 unspecified atom stereocenters. The van der Waals surface area contributed by atoms with Crippen LogP contribution in [-0.4, -0.2) is 11.5 Å². The SMILES string of the molecule is Cc1ccc(C)c(-c2csc(NCCc3ccccc3)n2)c1. The summed E-state index contributed by atoms with van der Waals surface area (Å²) in [5.74, 6) is 0. The van der Waals surface area contributed by atoms with Gasteiger partial charge in [0.15, 0.2) is 5.13 Å². The number of benzene rings is 2. The van der Waals surface area contributed by atoms with Gasteiger partial charge in [-0.25, -0.2) is 4.98 Å². The summed E-state index contributed by atoms with van der Waals surface area (Å²) < 4.78 is 0. The average molecular weight is 308 g/mol. The third-order valence-electron chi connectivity index (χ3n) is 3.71. The quantitative estimate of drug-likeness (QED) is 0.711. The number of nitrogens with zero attached hydrogens (tertiary/aromatic N) is 1. The summed E-state index contributed by atoms with van der Waals surface area (Å²) >= 11 is 1.67. The Morgan fingerprint density at radius 1 is 1.05 bits per heavy atom. The topological polar surface area (TPSA) is 24.9 Å². The van der Waals surface area contributed by atoms with Crippen LogP contribution < -0.4 is 5.32 Å². The number of hydrogen-bond acceptors (Lipinski definition) is 3. The van der Waals surface area contributed by atoms with Crippen LogP contribution >= 0.6 is 11.3 Å². The lowest BCUT2D eigenvalue weighted by Crippen LogP contribution is -2.04. The second-order valence-electron chi connectivity index (χ2n) is 5.52. The lowest BCUT2D eigenvalue weighted by Gasteiger charge is -2.04. The number of hydrogen-bond donors (Lipinski definition) is 1. The molecule has 0 saturated carbocycles. The van der Waals surface area contributed by atoms with Gasteiger partial charge >= 0.3 is 0 Å². The molecule has 0 aliphatic rings. The molecule has 2 nitrogen and oxygen atoms in total. The zero-order chi connectivity index (χ0) is 15.4. The number of rotatable bonds is 5. The van der Waals surface area contributed by atoms with Crippen LogP contribution in [0.2, 0.25) is 0 Å². The Hall–Kier alpha value is -2.13. The molecule has 0 spiro atoms.